The summed E-state index contributed by atoms with van der Waals surface area (Å²) in [5, 5.41) is 13.5. The van der Waals surface area contributed by atoms with Crippen LogP contribution in [0.5, 0.6) is 0 Å². The van der Waals surface area contributed by atoms with Crippen LogP contribution in [0.15, 0.2) is 0 Å². The third-order valence-electron chi connectivity index (χ3n) is 4.27. The van der Waals surface area contributed by atoms with Gasteiger partial charge in [0.25, 0.3) is 0 Å². The van der Waals surface area contributed by atoms with E-state index >= 15 is 0 Å². The van der Waals surface area contributed by atoms with Gasteiger partial charge in [0, 0.05) is 12.6 Å². The van der Waals surface area contributed by atoms with E-state index in [0.29, 0.717) is 6.04 Å². The van der Waals surface area contributed by atoms with E-state index in [1.54, 1.807) is 0 Å². The Labute approximate surface area is 114 Å². The lowest BCUT2D eigenvalue weighted by Gasteiger charge is -2.19. The lowest BCUT2D eigenvalue weighted by molar-refractivity contribution is 0.137. The van der Waals surface area contributed by atoms with Crippen molar-refractivity contribution in [3.05, 3.63) is 0 Å². The summed E-state index contributed by atoms with van der Waals surface area (Å²) in [6.45, 7) is 5.28. The maximum Gasteiger partial charge on any atom is 0.0667 e. The molecule has 1 fully saturated rings. The number of aliphatic hydroxyl groups excluding tert-OH is 1. The molecule has 0 bridgehead atoms. The Morgan fingerprint density at radius 3 is 2.56 bits per heavy atom. The zero-order valence-corrected chi connectivity index (χ0v) is 12.5. The number of rotatable bonds is 10. The Morgan fingerprint density at radius 2 is 1.89 bits per heavy atom. The van der Waals surface area contributed by atoms with Gasteiger partial charge in [0.1, 0.15) is 0 Å². The number of hydrogen-bond acceptors (Lipinski definition) is 2. The molecule has 108 valence electrons. The van der Waals surface area contributed by atoms with E-state index in [-0.39, 0.29) is 6.10 Å². The van der Waals surface area contributed by atoms with E-state index in [4.69, 9.17) is 0 Å². The van der Waals surface area contributed by atoms with Crippen LogP contribution >= 0.6 is 0 Å². The van der Waals surface area contributed by atoms with Gasteiger partial charge in [-0.3, -0.25) is 0 Å². The Hall–Kier alpha value is -0.0800. The molecular weight excluding hydrogens is 222 g/mol. The fourth-order valence-electron chi connectivity index (χ4n) is 3.03. The fourth-order valence-corrected chi connectivity index (χ4v) is 3.03. The van der Waals surface area contributed by atoms with Crippen LogP contribution in [0.25, 0.3) is 0 Å². The number of hydrogen-bond donors (Lipinski definition) is 2. The molecular formula is C16H33NO. The first-order chi connectivity index (χ1) is 8.72. The maximum absolute atomic E-state index is 10.0. The monoisotopic (exact) mass is 255 g/mol. The largest absolute Gasteiger partial charge is 0.392 e. The van der Waals surface area contributed by atoms with Gasteiger partial charge < -0.3 is 10.4 Å². The normalized spacial score (nSPS) is 20.2. The molecule has 2 nitrogen and oxygen atoms in total. The second-order valence-electron chi connectivity index (χ2n) is 6.20. The second-order valence-corrected chi connectivity index (χ2v) is 6.20. The highest BCUT2D eigenvalue weighted by molar-refractivity contribution is 4.73. The van der Waals surface area contributed by atoms with E-state index in [0.717, 1.165) is 18.9 Å². The fraction of sp³-hybridized carbons (Fsp3) is 1.00. The second kappa shape index (κ2) is 9.80. The Kier molecular flexibility index (Phi) is 8.70. The molecule has 0 aromatic carbocycles. The molecule has 0 radical (unpaired) electrons. The summed E-state index contributed by atoms with van der Waals surface area (Å²) in [5.74, 6) is 0.793. The van der Waals surface area contributed by atoms with Crippen LogP contribution in [-0.2, 0) is 0 Å². The SMILES string of the molecule is CCCCCCC(C)NCC(O)CC1CCCC1. The highest BCUT2D eigenvalue weighted by Gasteiger charge is 2.18. The molecule has 2 atom stereocenters. The number of aliphatic hydroxyl groups is 1. The van der Waals surface area contributed by atoms with Crippen molar-refractivity contribution in [3.8, 4) is 0 Å². The lowest BCUT2D eigenvalue weighted by atomic mass is 10.00. The van der Waals surface area contributed by atoms with Gasteiger partial charge >= 0.3 is 0 Å². The Morgan fingerprint density at radius 1 is 1.17 bits per heavy atom. The standard InChI is InChI=1S/C16H33NO/c1-3-4-5-6-9-14(2)17-13-16(18)12-15-10-7-8-11-15/h14-18H,3-13H2,1-2H3. The van der Waals surface area contributed by atoms with Gasteiger partial charge in [-0.2, -0.15) is 0 Å². The van der Waals surface area contributed by atoms with Crippen molar-refractivity contribution in [2.24, 2.45) is 5.92 Å². The molecule has 1 aliphatic rings. The van der Waals surface area contributed by atoms with Crippen LogP contribution in [-0.4, -0.2) is 23.8 Å². The van der Waals surface area contributed by atoms with Crippen molar-refractivity contribution in [2.75, 3.05) is 6.54 Å². The first-order valence-corrected chi connectivity index (χ1v) is 8.13. The first kappa shape index (κ1) is 16.0. The minimum Gasteiger partial charge on any atom is -0.392 e. The molecule has 2 heteroatoms. The Balaban J connectivity index is 1.97. The molecule has 0 aromatic heterocycles. The third-order valence-corrected chi connectivity index (χ3v) is 4.27. The van der Waals surface area contributed by atoms with Crippen LogP contribution in [0.4, 0.5) is 0 Å². The topological polar surface area (TPSA) is 32.3 Å². The van der Waals surface area contributed by atoms with Crippen LogP contribution in [0.2, 0.25) is 0 Å². The van der Waals surface area contributed by atoms with Crippen LogP contribution in [0.3, 0.4) is 0 Å². The first-order valence-electron chi connectivity index (χ1n) is 8.13. The van der Waals surface area contributed by atoms with Crippen LogP contribution in [0, 0.1) is 5.92 Å². The summed E-state index contributed by atoms with van der Waals surface area (Å²) in [4.78, 5) is 0. The molecule has 2 N–H and O–H groups in total. The van der Waals surface area contributed by atoms with Gasteiger partial charge in [0.15, 0.2) is 0 Å². The molecule has 0 saturated heterocycles. The van der Waals surface area contributed by atoms with E-state index < -0.39 is 0 Å². The molecule has 18 heavy (non-hydrogen) atoms. The zero-order valence-electron chi connectivity index (χ0n) is 12.5. The van der Waals surface area contributed by atoms with E-state index in [1.807, 2.05) is 0 Å². The Bertz CT molecular complexity index is 190. The molecule has 0 spiro atoms. The van der Waals surface area contributed by atoms with E-state index in [2.05, 4.69) is 19.2 Å². The van der Waals surface area contributed by atoms with Crippen molar-refractivity contribution in [3.63, 3.8) is 0 Å². The van der Waals surface area contributed by atoms with Crippen molar-refractivity contribution in [1.29, 1.82) is 0 Å². The molecule has 1 saturated carbocycles. The van der Waals surface area contributed by atoms with Gasteiger partial charge in [-0.05, 0) is 25.7 Å². The van der Waals surface area contributed by atoms with Gasteiger partial charge in [0.05, 0.1) is 6.10 Å². The smallest absolute Gasteiger partial charge is 0.0667 e. The minimum atomic E-state index is -0.133. The summed E-state index contributed by atoms with van der Waals surface area (Å²) < 4.78 is 0. The summed E-state index contributed by atoms with van der Waals surface area (Å²) in [5.41, 5.74) is 0. The van der Waals surface area contributed by atoms with Crippen LogP contribution in [0.1, 0.15) is 78.1 Å². The molecule has 1 rings (SSSR count). The zero-order chi connectivity index (χ0) is 13.2. The van der Waals surface area contributed by atoms with Crippen LogP contribution < -0.4 is 5.32 Å². The quantitative estimate of drug-likeness (QED) is 0.581. The summed E-state index contributed by atoms with van der Waals surface area (Å²) in [7, 11) is 0. The van der Waals surface area contributed by atoms with Crippen molar-refractivity contribution < 1.29 is 5.11 Å². The molecule has 0 heterocycles. The van der Waals surface area contributed by atoms with Gasteiger partial charge in [-0.25, -0.2) is 0 Å². The molecule has 0 aromatic rings. The summed E-state index contributed by atoms with van der Waals surface area (Å²) in [6, 6.07) is 0.556. The lowest BCUT2D eigenvalue weighted by Crippen LogP contribution is -2.34. The third kappa shape index (κ3) is 7.38. The number of unbranched alkanes of at least 4 members (excludes halogenated alkanes) is 3. The molecule has 2 unspecified atom stereocenters. The van der Waals surface area contributed by atoms with E-state index in [1.165, 1.54) is 57.8 Å². The summed E-state index contributed by atoms with van der Waals surface area (Å²) in [6.07, 6.45) is 12.9. The highest BCUT2D eigenvalue weighted by atomic mass is 16.3. The highest BCUT2D eigenvalue weighted by Crippen LogP contribution is 2.28. The number of nitrogens with one attached hydrogen (secondary N) is 1. The predicted molar refractivity (Wildman–Crippen MR) is 78.8 cm³/mol. The van der Waals surface area contributed by atoms with Gasteiger partial charge in [-0.1, -0.05) is 58.3 Å². The van der Waals surface area contributed by atoms with Crippen molar-refractivity contribution in [2.45, 2.75) is 90.2 Å². The molecule has 1 aliphatic carbocycles. The molecule has 0 aliphatic heterocycles. The summed E-state index contributed by atoms with van der Waals surface area (Å²) >= 11 is 0. The average molecular weight is 255 g/mol. The predicted octanol–water partition coefficient (Wildman–Crippen LogP) is 3.88. The minimum absolute atomic E-state index is 0.133. The van der Waals surface area contributed by atoms with Gasteiger partial charge in [-0.15, -0.1) is 0 Å². The van der Waals surface area contributed by atoms with E-state index in [9.17, 15) is 5.11 Å². The van der Waals surface area contributed by atoms with Crippen molar-refractivity contribution in [1.82, 2.24) is 5.32 Å². The maximum atomic E-state index is 10.0. The van der Waals surface area contributed by atoms with Crippen molar-refractivity contribution >= 4 is 0 Å². The molecule has 0 amide bonds. The average Bonchev–Trinajstić information content (AvgIpc) is 2.85. The van der Waals surface area contributed by atoms with Gasteiger partial charge in [0.2, 0.25) is 0 Å².